The molecule has 2 nitrogen and oxygen atoms in total. The molecule has 0 saturated carbocycles. The molecular formula is C17H20O2P2S4+2. The van der Waals surface area contributed by atoms with Crippen molar-refractivity contribution in [2.75, 3.05) is 25.7 Å². The molecule has 0 aliphatic rings. The van der Waals surface area contributed by atoms with Crippen molar-refractivity contribution in [3.63, 3.8) is 0 Å². The SMILES string of the molecule is COc1ccc([P+](=S)SCCCS[P+](=S)c2ccc(OC)cc2)cc1. The van der Waals surface area contributed by atoms with E-state index in [9.17, 15) is 0 Å². The van der Waals surface area contributed by atoms with E-state index in [0.717, 1.165) is 29.4 Å². The molecule has 0 bridgehead atoms. The highest BCUT2D eigenvalue weighted by Gasteiger charge is 2.18. The normalized spacial score (nSPS) is 11.8. The van der Waals surface area contributed by atoms with Gasteiger partial charge in [-0.2, -0.15) is 0 Å². The minimum atomic E-state index is -0.574. The van der Waals surface area contributed by atoms with Crippen LogP contribution in [0, 0.1) is 0 Å². The van der Waals surface area contributed by atoms with Gasteiger partial charge in [-0.05, 0) is 55.0 Å². The van der Waals surface area contributed by atoms with Gasteiger partial charge < -0.3 is 9.47 Å². The summed E-state index contributed by atoms with van der Waals surface area (Å²) >= 11 is 15.0. The summed E-state index contributed by atoms with van der Waals surface area (Å²) in [5, 5.41) is 2.46. The molecule has 2 unspecified atom stereocenters. The highest BCUT2D eigenvalue weighted by molar-refractivity contribution is 8.66. The first-order chi connectivity index (χ1) is 12.1. The second kappa shape index (κ2) is 11.5. The molecule has 2 rings (SSSR count). The Morgan fingerprint density at radius 1 is 0.720 bits per heavy atom. The van der Waals surface area contributed by atoms with E-state index in [1.807, 2.05) is 47.0 Å². The van der Waals surface area contributed by atoms with E-state index in [1.54, 1.807) is 14.2 Å². The lowest BCUT2D eigenvalue weighted by Crippen LogP contribution is -1.95. The van der Waals surface area contributed by atoms with Crippen LogP contribution >= 0.6 is 34.6 Å². The Kier molecular flexibility index (Phi) is 9.69. The van der Waals surface area contributed by atoms with Crippen molar-refractivity contribution in [1.82, 2.24) is 0 Å². The number of hydrogen-bond acceptors (Lipinski definition) is 6. The molecular weight excluding hydrogens is 426 g/mol. The van der Waals surface area contributed by atoms with Crippen molar-refractivity contribution < 1.29 is 9.47 Å². The summed E-state index contributed by atoms with van der Waals surface area (Å²) in [5.41, 5.74) is 0. The van der Waals surface area contributed by atoms with Crippen LogP contribution in [0.25, 0.3) is 0 Å². The molecule has 0 heterocycles. The van der Waals surface area contributed by atoms with Gasteiger partial charge in [-0.1, -0.05) is 0 Å². The average Bonchev–Trinajstić information content (AvgIpc) is 2.67. The molecule has 0 aliphatic carbocycles. The summed E-state index contributed by atoms with van der Waals surface area (Å²) in [5.74, 6) is 2.76. The molecule has 0 spiro atoms. The maximum Gasteiger partial charge on any atom is 0.283 e. The van der Waals surface area contributed by atoms with Gasteiger partial charge in [-0.25, -0.2) is 0 Å². The average molecular weight is 447 g/mol. The zero-order valence-corrected chi connectivity index (χ0v) is 19.1. The Bertz CT molecular complexity index is 644. The van der Waals surface area contributed by atoms with Gasteiger partial charge in [-0.15, -0.1) is 0 Å². The fourth-order valence-corrected chi connectivity index (χ4v) is 9.52. The zero-order chi connectivity index (χ0) is 18.1. The maximum absolute atomic E-state index is 5.64. The molecule has 0 aliphatic heterocycles. The van der Waals surface area contributed by atoms with Gasteiger partial charge in [0, 0.05) is 11.5 Å². The first-order valence-electron chi connectivity index (χ1n) is 7.62. The number of rotatable bonds is 10. The Labute approximate surface area is 169 Å². The number of methoxy groups -OCH3 is 2. The van der Waals surface area contributed by atoms with Crippen LogP contribution in [0.5, 0.6) is 11.5 Å². The van der Waals surface area contributed by atoms with Crippen LogP contribution in [-0.2, 0) is 23.6 Å². The Balaban J connectivity index is 1.68. The molecule has 25 heavy (non-hydrogen) atoms. The molecule has 2 aromatic rings. The summed E-state index contributed by atoms with van der Waals surface area (Å²) < 4.78 is 10.4. The summed E-state index contributed by atoms with van der Waals surface area (Å²) in [7, 11) is 3.36. The molecule has 0 fully saturated rings. The Morgan fingerprint density at radius 3 is 1.40 bits per heavy atom. The predicted molar refractivity (Wildman–Crippen MR) is 123 cm³/mol. The van der Waals surface area contributed by atoms with E-state index < -0.39 is 11.8 Å². The topological polar surface area (TPSA) is 18.5 Å². The van der Waals surface area contributed by atoms with Crippen molar-refractivity contribution in [3.8, 4) is 11.5 Å². The van der Waals surface area contributed by atoms with Crippen LogP contribution in [-0.4, -0.2) is 25.7 Å². The number of ether oxygens (including phenoxy) is 2. The van der Waals surface area contributed by atoms with E-state index in [0.29, 0.717) is 0 Å². The van der Waals surface area contributed by atoms with E-state index in [1.165, 1.54) is 10.6 Å². The second-order valence-corrected chi connectivity index (χ2v) is 15.6. The predicted octanol–water partition coefficient (Wildman–Crippen LogP) is 5.23. The molecule has 0 N–H and O–H groups in total. The summed E-state index contributed by atoms with van der Waals surface area (Å²) in [4.78, 5) is 0. The van der Waals surface area contributed by atoms with Crippen LogP contribution in [0.15, 0.2) is 48.5 Å². The lowest BCUT2D eigenvalue weighted by atomic mass is 10.3. The molecule has 0 aromatic heterocycles. The highest BCUT2D eigenvalue weighted by Crippen LogP contribution is 2.41. The van der Waals surface area contributed by atoms with Crippen LogP contribution in [0.4, 0.5) is 0 Å². The first kappa shape index (κ1) is 21.1. The van der Waals surface area contributed by atoms with Crippen LogP contribution in [0.3, 0.4) is 0 Å². The van der Waals surface area contributed by atoms with Crippen molar-refractivity contribution in [1.29, 1.82) is 0 Å². The Morgan fingerprint density at radius 2 is 1.08 bits per heavy atom. The fourth-order valence-electron chi connectivity index (χ4n) is 1.91. The lowest BCUT2D eigenvalue weighted by molar-refractivity contribution is 0.415. The molecule has 8 heteroatoms. The second-order valence-electron chi connectivity index (χ2n) is 4.93. The van der Waals surface area contributed by atoms with Gasteiger partial charge in [0.15, 0.2) is 34.2 Å². The monoisotopic (exact) mass is 446 g/mol. The number of hydrogen-bond donors (Lipinski definition) is 0. The smallest absolute Gasteiger partial charge is 0.283 e. The van der Waals surface area contributed by atoms with Crippen LogP contribution < -0.4 is 20.1 Å². The number of benzene rings is 2. The first-order valence-corrected chi connectivity index (χ1v) is 15.5. The molecule has 0 amide bonds. The summed E-state index contributed by atoms with van der Waals surface area (Å²) in [6.07, 6.45) is 1.13. The van der Waals surface area contributed by atoms with E-state index in [4.69, 9.17) is 33.1 Å². The van der Waals surface area contributed by atoms with Gasteiger partial charge in [0.2, 0.25) is 0 Å². The minimum absolute atomic E-state index is 0.574. The van der Waals surface area contributed by atoms with Crippen LogP contribution in [0.2, 0.25) is 0 Å². The van der Waals surface area contributed by atoms with Gasteiger partial charge in [-0.3, -0.25) is 0 Å². The molecule has 2 aromatic carbocycles. The van der Waals surface area contributed by atoms with Crippen LogP contribution in [0.1, 0.15) is 6.42 Å². The van der Waals surface area contributed by atoms with Crippen molar-refractivity contribution >= 4 is 68.8 Å². The Hall–Kier alpha value is -0.220. The highest BCUT2D eigenvalue weighted by atomic mass is 32.9. The quantitative estimate of drug-likeness (QED) is 0.365. The molecule has 0 radical (unpaired) electrons. The minimum Gasteiger partial charge on any atom is -0.497 e. The summed E-state index contributed by atoms with van der Waals surface area (Å²) in [6.45, 7) is 0. The maximum atomic E-state index is 5.64. The van der Waals surface area contributed by atoms with E-state index in [2.05, 4.69) is 24.3 Å². The molecule has 132 valence electrons. The fraction of sp³-hybridized carbons (Fsp3) is 0.294. The van der Waals surface area contributed by atoms with Gasteiger partial charge in [0.1, 0.15) is 11.5 Å². The summed E-state index contributed by atoms with van der Waals surface area (Å²) in [6, 6.07) is 16.2. The van der Waals surface area contributed by atoms with Crippen molar-refractivity contribution in [3.05, 3.63) is 48.5 Å². The molecule has 0 saturated heterocycles. The van der Waals surface area contributed by atoms with E-state index >= 15 is 0 Å². The third-order valence-electron chi connectivity index (χ3n) is 3.27. The van der Waals surface area contributed by atoms with Crippen molar-refractivity contribution in [2.24, 2.45) is 0 Å². The largest absolute Gasteiger partial charge is 0.497 e. The zero-order valence-electron chi connectivity index (χ0n) is 14.1. The van der Waals surface area contributed by atoms with Gasteiger partial charge in [0.05, 0.1) is 37.0 Å². The molecule has 2 atom stereocenters. The van der Waals surface area contributed by atoms with Gasteiger partial charge in [0.25, 0.3) is 11.8 Å². The standard InChI is InChI=1S/C17H20O2P2S4/c1-18-14-4-8-16(9-5-14)20(22)24-12-3-13-25-21(23)17-10-6-15(19-2)7-11-17/h4-11H,3,12-13H2,1-2H3/q+2. The third-order valence-corrected chi connectivity index (χ3v) is 13.1. The van der Waals surface area contributed by atoms with Gasteiger partial charge >= 0.3 is 0 Å². The van der Waals surface area contributed by atoms with E-state index in [-0.39, 0.29) is 0 Å². The third kappa shape index (κ3) is 7.13. The van der Waals surface area contributed by atoms with Crippen molar-refractivity contribution in [2.45, 2.75) is 6.42 Å². The lowest BCUT2D eigenvalue weighted by Gasteiger charge is -1.98.